The second-order valence-electron chi connectivity index (χ2n) is 4.46. The standard InChI is InChI=1S/C14H18O4/c1-4-10(14(15)16-3)6-11-7-13-12(5-9(11)2)17-8-18-13/h5,7,10H,4,6,8H2,1-3H3. The molecule has 0 aliphatic carbocycles. The summed E-state index contributed by atoms with van der Waals surface area (Å²) in [6.07, 6.45) is 1.44. The third-order valence-corrected chi connectivity index (χ3v) is 3.32. The van der Waals surface area contributed by atoms with Crippen molar-refractivity contribution < 1.29 is 19.0 Å². The number of methoxy groups -OCH3 is 1. The van der Waals surface area contributed by atoms with Crippen molar-refractivity contribution in [2.75, 3.05) is 13.9 Å². The molecule has 0 radical (unpaired) electrons. The number of hydrogen-bond donors (Lipinski definition) is 0. The van der Waals surface area contributed by atoms with Crippen molar-refractivity contribution in [3.8, 4) is 11.5 Å². The van der Waals surface area contributed by atoms with Crippen molar-refractivity contribution in [3.05, 3.63) is 23.3 Å². The summed E-state index contributed by atoms with van der Waals surface area (Å²) in [6.45, 7) is 4.28. The molecular formula is C14H18O4. The molecule has 0 fully saturated rings. The predicted octanol–water partition coefficient (Wildman–Crippen LogP) is 2.47. The van der Waals surface area contributed by atoms with Gasteiger partial charge in [-0.05, 0) is 43.0 Å². The SMILES string of the molecule is CCC(Cc1cc2c(cc1C)OCO2)C(=O)OC. The number of esters is 1. The molecule has 1 heterocycles. The molecule has 2 rings (SSSR count). The first-order chi connectivity index (χ1) is 8.65. The van der Waals surface area contributed by atoms with Crippen LogP contribution >= 0.6 is 0 Å². The molecular weight excluding hydrogens is 232 g/mol. The van der Waals surface area contributed by atoms with Gasteiger partial charge in [0.15, 0.2) is 11.5 Å². The van der Waals surface area contributed by atoms with Crippen LogP contribution in [-0.2, 0) is 16.0 Å². The van der Waals surface area contributed by atoms with Crippen LogP contribution in [0.3, 0.4) is 0 Å². The lowest BCUT2D eigenvalue weighted by Crippen LogP contribution is -2.18. The van der Waals surface area contributed by atoms with Crippen molar-refractivity contribution in [2.45, 2.75) is 26.7 Å². The summed E-state index contributed by atoms with van der Waals surface area (Å²) in [6, 6.07) is 3.92. The average Bonchev–Trinajstić information content (AvgIpc) is 2.81. The van der Waals surface area contributed by atoms with E-state index in [1.165, 1.54) is 7.11 Å². The van der Waals surface area contributed by atoms with E-state index in [0.29, 0.717) is 6.42 Å². The molecule has 1 unspecified atom stereocenters. The molecule has 0 aromatic heterocycles. The van der Waals surface area contributed by atoms with Crippen LogP contribution in [0.5, 0.6) is 11.5 Å². The molecule has 0 spiro atoms. The van der Waals surface area contributed by atoms with E-state index < -0.39 is 0 Å². The second kappa shape index (κ2) is 5.29. The zero-order valence-corrected chi connectivity index (χ0v) is 11.0. The molecule has 0 saturated carbocycles. The molecule has 0 bridgehead atoms. The van der Waals surface area contributed by atoms with E-state index in [4.69, 9.17) is 14.2 Å². The van der Waals surface area contributed by atoms with Crippen LogP contribution in [0.25, 0.3) is 0 Å². The van der Waals surface area contributed by atoms with Crippen molar-refractivity contribution >= 4 is 5.97 Å². The molecule has 1 aromatic carbocycles. The summed E-state index contributed by atoms with van der Waals surface area (Å²) in [4.78, 5) is 11.6. The minimum atomic E-state index is -0.158. The molecule has 0 amide bonds. The maximum Gasteiger partial charge on any atom is 0.308 e. The highest BCUT2D eigenvalue weighted by Gasteiger charge is 2.21. The Morgan fingerprint density at radius 3 is 2.67 bits per heavy atom. The summed E-state index contributed by atoms with van der Waals surface area (Å²) in [5, 5.41) is 0. The van der Waals surface area contributed by atoms with E-state index in [9.17, 15) is 4.79 Å². The van der Waals surface area contributed by atoms with E-state index in [0.717, 1.165) is 29.0 Å². The van der Waals surface area contributed by atoms with Crippen LogP contribution in [0.4, 0.5) is 0 Å². The number of rotatable bonds is 4. The Labute approximate surface area is 107 Å². The van der Waals surface area contributed by atoms with E-state index in [-0.39, 0.29) is 18.7 Å². The molecule has 1 aliphatic rings. The van der Waals surface area contributed by atoms with Crippen LogP contribution < -0.4 is 9.47 Å². The number of benzene rings is 1. The number of hydrogen-bond acceptors (Lipinski definition) is 4. The van der Waals surface area contributed by atoms with Crippen LogP contribution in [0.1, 0.15) is 24.5 Å². The minimum Gasteiger partial charge on any atom is -0.469 e. The van der Waals surface area contributed by atoms with Gasteiger partial charge in [0.1, 0.15) is 0 Å². The van der Waals surface area contributed by atoms with Gasteiger partial charge in [0.2, 0.25) is 6.79 Å². The Bertz CT molecular complexity index is 453. The Kier molecular flexibility index (Phi) is 3.75. The third kappa shape index (κ3) is 2.42. The molecule has 0 N–H and O–H groups in total. The normalized spacial score (nSPS) is 14.4. The molecule has 0 saturated heterocycles. The van der Waals surface area contributed by atoms with Crippen molar-refractivity contribution in [1.82, 2.24) is 0 Å². The summed E-state index contributed by atoms with van der Waals surface area (Å²) in [5.74, 6) is 1.28. The number of fused-ring (bicyclic) bond motifs is 1. The summed E-state index contributed by atoms with van der Waals surface area (Å²) in [5.41, 5.74) is 2.22. The van der Waals surface area contributed by atoms with Crippen molar-refractivity contribution in [3.63, 3.8) is 0 Å². The number of aryl methyl sites for hydroxylation is 1. The highest BCUT2D eigenvalue weighted by Crippen LogP contribution is 2.35. The molecule has 1 aliphatic heterocycles. The van der Waals surface area contributed by atoms with E-state index in [2.05, 4.69) is 0 Å². The fourth-order valence-corrected chi connectivity index (χ4v) is 2.13. The summed E-state index contributed by atoms with van der Waals surface area (Å²) < 4.78 is 15.5. The quantitative estimate of drug-likeness (QED) is 0.770. The summed E-state index contributed by atoms with van der Waals surface area (Å²) in [7, 11) is 1.43. The fourth-order valence-electron chi connectivity index (χ4n) is 2.13. The van der Waals surface area contributed by atoms with Gasteiger partial charge in [-0.25, -0.2) is 0 Å². The molecule has 98 valence electrons. The van der Waals surface area contributed by atoms with Gasteiger partial charge in [-0.2, -0.15) is 0 Å². The van der Waals surface area contributed by atoms with Crippen LogP contribution in [-0.4, -0.2) is 19.9 Å². The lowest BCUT2D eigenvalue weighted by atomic mass is 9.94. The van der Waals surface area contributed by atoms with Gasteiger partial charge in [0, 0.05) is 0 Å². The number of ether oxygens (including phenoxy) is 3. The number of carbonyl (C=O) groups is 1. The van der Waals surface area contributed by atoms with Gasteiger partial charge in [0.05, 0.1) is 13.0 Å². The molecule has 18 heavy (non-hydrogen) atoms. The van der Waals surface area contributed by atoms with Crippen LogP contribution in [0, 0.1) is 12.8 Å². The van der Waals surface area contributed by atoms with Gasteiger partial charge in [-0.3, -0.25) is 4.79 Å². The lowest BCUT2D eigenvalue weighted by Gasteiger charge is -2.14. The van der Waals surface area contributed by atoms with E-state index >= 15 is 0 Å². The lowest BCUT2D eigenvalue weighted by molar-refractivity contribution is -0.145. The highest BCUT2D eigenvalue weighted by atomic mass is 16.7. The van der Waals surface area contributed by atoms with Crippen molar-refractivity contribution in [2.24, 2.45) is 5.92 Å². The Morgan fingerprint density at radius 1 is 1.39 bits per heavy atom. The number of carbonyl (C=O) groups excluding carboxylic acids is 1. The Balaban J connectivity index is 2.20. The maximum atomic E-state index is 11.6. The Hall–Kier alpha value is -1.71. The summed E-state index contributed by atoms with van der Waals surface area (Å²) >= 11 is 0. The fraction of sp³-hybridized carbons (Fsp3) is 0.500. The third-order valence-electron chi connectivity index (χ3n) is 3.32. The molecule has 1 aromatic rings. The average molecular weight is 250 g/mol. The zero-order chi connectivity index (χ0) is 13.1. The van der Waals surface area contributed by atoms with E-state index in [1.54, 1.807) is 0 Å². The largest absolute Gasteiger partial charge is 0.469 e. The predicted molar refractivity (Wildman–Crippen MR) is 66.8 cm³/mol. The highest BCUT2D eigenvalue weighted by molar-refractivity contribution is 5.72. The first-order valence-electron chi connectivity index (χ1n) is 6.12. The maximum absolute atomic E-state index is 11.6. The Morgan fingerprint density at radius 2 is 2.06 bits per heavy atom. The monoisotopic (exact) mass is 250 g/mol. The molecule has 1 atom stereocenters. The minimum absolute atomic E-state index is 0.103. The van der Waals surface area contributed by atoms with Gasteiger partial charge in [-0.1, -0.05) is 6.92 Å². The zero-order valence-electron chi connectivity index (χ0n) is 11.0. The first kappa shape index (κ1) is 12.7. The second-order valence-corrected chi connectivity index (χ2v) is 4.46. The van der Waals surface area contributed by atoms with Gasteiger partial charge < -0.3 is 14.2 Å². The van der Waals surface area contributed by atoms with Crippen LogP contribution in [0.2, 0.25) is 0 Å². The van der Waals surface area contributed by atoms with Gasteiger partial charge in [-0.15, -0.1) is 0 Å². The topological polar surface area (TPSA) is 44.8 Å². The van der Waals surface area contributed by atoms with Gasteiger partial charge in [0.25, 0.3) is 0 Å². The van der Waals surface area contributed by atoms with Crippen LogP contribution in [0.15, 0.2) is 12.1 Å². The molecule has 4 nitrogen and oxygen atoms in total. The smallest absolute Gasteiger partial charge is 0.308 e. The van der Waals surface area contributed by atoms with E-state index in [1.807, 2.05) is 26.0 Å². The van der Waals surface area contributed by atoms with Gasteiger partial charge >= 0.3 is 5.97 Å². The first-order valence-corrected chi connectivity index (χ1v) is 6.12. The molecule has 4 heteroatoms. The van der Waals surface area contributed by atoms with Crippen molar-refractivity contribution in [1.29, 1.82) is 0 Å².